The van der Waals surface area contributed by atoms with Gasteiger partial charge < -0.3 is 9.47 Å². The Bertz CT molecular complexity index is 374. The van der Waals surface area contributed by atoms with Crippen LogP contribution in [0.2, 0.25) is 0 Å². The third kappa shape index (κ3) is 1.23. The van der Waals surface area contributed by atoms with Crippen molar-refractivity contribution in [3.63, 3.8) is 0 Å². The number of aryl methyl sites for hydroxylation is 1. The van der Waals surface area contributed by atoms with Gasteiger partial charge in [-0.05, 0) is 24.1 Å². The average Bonchev–Trinajstić information content (AvgIpc) is 2.63. The van der Waals surface area contributed by atoms with Crippen molar-refractivity contribution in [3.05, 3.63) is 23.3 Å². The van der Waals surface area contributed by atoms with Gasteiger partial charge in [0.2, 0.25) is 6.79 Å². The topological polar surface area (TPSA) is 18.5 Å². The van der Waals surface area contributed by atoms with Gasteiger partial charge in [0.05, 0.1) is 5.56 Å². The van der Waals surface area contributed by atoms with E-state index in [4.69, 9.17) is 15.9 Å². The lowest BCUT2D eigenvalue weighted by Crippen LogP contribution is -1.93. The zero-order valence-electron chi connectivity index (χ0n) is 7.46. The molecule has 0 fully saturated rings. The SMILES string of the molecule is C#Cc1cc(CC)cc2c1OCO2. The molecule has 0 aliphatic carbocycles. The second-order valence-corrected chi connectivity index (χ2v) is 2.88. The Morgan fingerprint density at radius 2 is 2.31 bits per heavy atom. The van der Waals surface area contributed by atoms with Crippen LogP contribution in [0, 0.1) is 12.3 Å². The fourth-order valence-electron chi connectivity index (χ4n) is 1.38. The van der Waals surface area contributed by atoms with Crippen molar-refractivity contribution in [2.24, 2.45) is 0 Å². The molecule has 0 saturated carbocycles. The van der Waals surface area contributed by atoms with Gasteiger partial charge >= 0.3 is 0 Å². The monoisotopic (exact) mass is 174 g/mol. The molecule has 1 aromatic carbocycles. The van der Waals surface area contributed by atoms with Gasteiger partial charge in [-0.15, -0.1) is 6.42 Å². The molecule has 0 radical (unpaired) electrons. The maximum Gasteiger partial charge on any atom is 0.231 e. The van der Waals surface area contributed by atoms with Crippen LogP contribution in [-0.2, 0) is 6.42 Å². The number of hydrogen-bond acceptors (Lipinski definition) is 2. The molecule has 0 amide bonds. The van der Waals surface area contributed by atoms with Crippen LogP contribution in [0.25, 0.3) is 0 Å². The third-order valence-corrected chi connectivity index (χ3v) is 2.10. The van der Waals surface area contributed by atoms with E-state index in [1.165, 1.54) is 5.56 Å². The zero-order valence-corrected chi connectivity index (χ0v) is 7.46. The molecule has 2 heteroatoms. The van der Waals surface area contributed by atoms with Gasteiger partial charge in [-0.2, -0.15) is 0 Å². The smallest absolute Gasteiger partial charge is 0.231 e. The quantitative estimate of drug-likeness (QED) is 0.606. The van der Waals surface area contributed by atoms with Gasteiger partial charge in [-0.1, -0.05) is 12.8 Å². The summed E-state index contributed by atoms with van der Waals surface area (Å²) in [4.78, 5) is 0. The predicted molar refractivity (Wildman–Crippen MR) is 49.9 cm³/mol. The minimum absolute atomic E-state index is 0.275. The molecule has 0 unspecified atom stereocenters. The van der Waals surface area contributed by atoms with Crippen LogP contribution in [0.5, 0.6) is 11.5 Å². The molecule has 2 rings (SSSR count). The second kappa shape index (κ2) is 3.02. The van der Waals surface area contributed by atoms with Gasteiger partial charge in [0.15, 0.2) is 11.5 Å². The van der Waals surface area contributed by atoms with Gasteiger partial charge in [0, 0.05) is 0 Å². The molecule has 0 N–H and O–H groups in total. The number of terminal acetylenes is 1. The summed E-state index contributed by atoms with van der Waals surface area (Å²) in [6, 6.07) is 3.94. The summed E-state index contributed by atoms with van der Waals surface area (Å²) >= 11 is 0. The number of benzene rings is 1. The summed E-state index contributed by atoms with van der Waals surface area (Å²) in [6.45, 7) is 2.36. The average molecular weight is 174 g/mol. The molecule has 0 bridgehead atoms. The maximum atomic E-state index is 5.36. The first kappa shape index (κ1) is 8.00. The molecule has 0 saturated heterocycles. The Hall–Kier alpha value is -1.62. The molecule has 0 atom stereocenters. The lowest BCUT2D eigenvalue weighted by Gasteiger charge is -2.02. The zero-order chi connectivity index (χ0) is 9.26. The molecule has 0 aromatic heterocycles. The summed E-state index contributed by atoms with van der Waals surface area (Å²) in [5.74, 6) is 4.08. The van der Waals surface area contributed by atoms with Crippen LogP contribution in [0.1, 0.15) is 18.1 Å². The molecular weight excluding hydrogens is 164 g/mol. The Morgan fingerprint density at radius 1 is 1.46 bits per heavy atom. The van der Waals surface area contributed by atoms with E-state index in [1.807, 2.05) is 12.1 Å². The summed E-state index contributed by atoms with van der Waals surface area (Å²) in [5.41, 5.74) is 1.96. The Morgan fingerprint density at radius 3 is 3.00 bits per heavy atom. The van der Waals surface area contributed by atoms with Gasteiger partial charge in [-0.25, -0.2) is 0 Å². The van der Waals surface area contributed by atoms with Crippen LogP contribution in [-0.4, -0.2) is 6.79 Å². The first-order valence-corrected chi connectivity index (χ1v) is 4.24. The highest BCUT2D eigenvalue weighted by Gasteiger charge is 2.17. The minimum Gasteiger partial charge on any atom is -0.454 e. The van der Waals surface area contributed by atoms with Gasteiger partial charge in [0.1, 0.15) is 0 Å². The van der Waals surface area contributed by atoms with Crippen molar-refractivity contribution in [2.75, 3.05) is 6.79 Å². The lowest BCUT2D eigenvalue weighted by atomic mass is 10.1. The summed E-state index contributed by atoms with van der Waals surface area (Å²) in [7, 11) is 0. The Labute approximate surface area is 77.5 Å². The van der Waals surface area contributed by atoms with E-state index >= 15 is 0 Å². The van der Waals surface area contributed by atoms with Crippen molar-refractivity contribution in [1.82, 2.24) is 0 Å². The van der Waals surface area contributed by atoms with E-state index in [1.54, 1.807) is 0 Å². The molecule has 13 heavy (non-hydrogen) atoms. The summed E-state index contributed by atoms with van der Waals surface area (Å²) in [6.07, 6.45) is 6.31. The van der Waals surface area contributed by atoms with E-state index in [2.05, 4.69) is 12.8 Å². The number of ether oxygens (including phenoxy) is 2. The van der Waals surface area contributed by atoms with E-state index in [0.29, 0.717) is 5.75 Å². The second-order valence-electron chi connectivity index (χ2n) is 2.88. The van der Waals surface area contributed by atoms with Crippen molar-refractivity contribution in [3.8, 4) is 23.8 Å². The summed E-state index contributed by atoms with van der Waals surface area (Å²) in [5, 5.41) is 0. The molecule has 1 aliphatic heterocycles. The van der Waals surface area contributed by atoms with Gasteiger partial charge in [0.25, 0.3) is 0 Å². The Kier molecular flexibility index (Phi) is 1.86. The lowest BCUT2D eigenvalue weighted by molar-refractivity contribution is 0.173. The number of fused-ring (bicyclic) bond motifs is 1. The van der Waals surface area contributed by atoms with Crippen LogP contribution >= 0.6 is 0 Å². The fraction of sp³-hybridized carbons (Fsp3) is 0.273. The molecule has 1 aliphatic rings. The predicted octanol–water partition coefficient (Wildman–Crippen LogP) is 1.96. The minimum atomic E-state index is 0.275. The first-order chi connectivity index (χ1) is 6.35. The van der Waals surface area contributed by atoms with Crippen LogP contribution in [0.15, 0.2) is 12.1 Å². The van der Waals surface area contributed by atoms with Crippen LogP contribution in [0.3, 0.4) is 0 Å². The highest BCUT2D eigenvalue weighted by atomic mass is 16.7. The molecule has 2 nitrogen and oxygen atoms in total. The molecule has 0 spiro atoms. The molecule has 1 heterocycles. The van der Waals surface area contributed by atoms with Crippen molar-refractivity contribution in [2.45, 2.75) is 13.3 Å². The number of hydrogen-bond donors (Lipinski definition) is 0. The van der Waals surface area contributed by atoms with Crippen molar-refractivity contribution in [1.29, 1.82) is 0 Å². The largest absolute Gasteiger partial charge is 0.454 e. The summed E-state index contributed by atoms with van der Waals surface area (Å²) < 4.78 is 10.5. The van der Waals surface area contributed by atoms with E-state index in [-0.39, 0.29) is 6.79 Å². The van der Waals surface area contributed by atoms with E-state index in [9.17, 15) is 0 Å². The normalized spacial score (nSPS) is 12.6. The molecule has 66 valence electrons. The van der Waals surface area contributed by atoms with E-state index in [0.717, 1.165) is 17.7 Å². The molecular formula is C11H10O2. The fourth-order valence-corrected chi connectivity index (χ4v) is 1.38. The highest BCUT2D eigenvalue weighted by molar-refractivity contribution is 5.56. The van der Waals surface area contributed by atoms with Crippen LogP contribution in [0.4, 0.5) is 0 Å². The standard InChI is InChI=1S/C11H10O2/c1-3-8-5-9(4-2)11-10(6-8)12-7-13-11/h2,5-6H,3,7H2,1H3. The highest BCUT2D eigenvalue weighted by Crippen LogP contribution is 2.36. The van der Waals surface area contributed by atoms with Crippen LogP contribution < -0.4 is 9.47 Å². The van der Waals surface area contributed by atoms with Crippen molar-refractivity contribution < 1.29 is 9.47 Å². The maximum absolute atomic E-state index is 5.36. The van der Waals surface area contributed by atoms with Crippen molar-refractivity contribution >= 4 is 0 Å². The number of rotatable bonds is 1. The first-order valence-electron chi connectivity index (χ1n) is 4.24. The molecule has 1 aromatic rings. The van der Waals surface area contributed by atoms with E-state index < -0.39 is 0 Å². The Balaban J connectivity index is 2.57. The van der Waals surface area contributed by atoms with Gasteiger partial charge in [-0.3, -0.25) is 0 Å². The third-order valence-electron chi connectivity index (χ3n) is 2.10.